The van der Waals surface area contributed by atoms with E-state index < -0.39 is 9.28 Å². The van der Waals surface area contributed by atoms with Gasteiger partial charge in [-0.3, -0.25) is 0 Å². The zero-order valence-electron chi connectivity index (χ0n) is 10.0. The highest BCUT2D eigenvalue weighted by Gasteiger charge is 2.10. The minimum absolute atomic E-state index is 0.651. The lowest BCUT2D eigenvalue weighted by Gasteiger charge is -2.14. The average molecular weight is 232 g/mol. The first-order valence-corrected chi connectivity index (χ1v) is 7.52. The van der Waals surface area contributed by atoms with Gasteiger partial charge >= 0.3 is 9.28 Å². The van der Waals surface area contributed by atoms with Crippen LogP contribution in [0.4, 0.5) is 0 Å². The lowest BCUT2D eigenvalue weighted by atomic mass is 10.4. The fraction of sp³-hybridized carbons (Fsp3) is 0.818. The van der Waals surface area contributed by atoms with E-state index in [4.69, 9.17) is 13.6 Å². The lowest BCUT2D eigenvalue weighted by Crippen LogP contribution is -2.22. The van der Waals surface area contributed by atoms with Crippen molar-refractivity contribution in [3.8, 4) is 0 Å². The van der Waals surface area contributed by atoms with Crippen molar-refractivity contribution in [3.05, 3.63) is 12.7 Å². The molecule has 0 aromatic carbocycles. The maximum Gasteiger partial charge on any atom is 0.321 e. The summed E-state index contributed by atoms with van der Waals surface area (Å²) >= 11 is 0. The summed E-state index contributed by atoms with van der Waals surface area (Å²) in [6.07, 6.45) is 3.99. The fourth-order valence-electron chi connectivity index (χ4n) is 1.27. The van der Waals surface area contributed by atoms with Crippen molar-refractivity contribution >= 4 is 9.28 Å². The van der Waals surface area contributed by atoms with E-state index in [-0.39, 0.29) is 0 Å². The summed E-state index contributed by atoms with van der Waals surface area (Å²) in [6.45, 7) is 10.6. The van der Waals surface area contributed by atoms with Gasteiger partial charge in [-0.05, 0) is 32.7 Å². The summed E-state index contributed by atoms with van der Waals surface area (Å²) in [5.41, 5.74) is 0. The van der Waals surface area contributed by atoms with Crippen molar-refractivity contribution in [1.29, 1.82) is 0 Å². The smallest absolute Gasteiger partial charge is 0.321 e. The molecule has 0 rings (SSSR count). The third kappa shape index (κ3) is 10.1. The summed E-state index contributed by atoms with van der Waals surface area (Å²) in [5.74, 6) is 0. The Balaban J connectivity index is 3.31. The standard InChI is InChI=1S/C11H24O3Si/c1-4-9-12-10-7-8-11-15(13-5-2)14-6-3/h4,15H,1,5-11H2,2-3H3. The molecule has 0 aromatic heterocycles. The number of ether oxygens (including phenoxy) is 1. The second kappa shape index (κ2) is 11.9. The van der Waals surface area contributed by atoms with Crippen LogP contribution in [-0.2, 0) is 13.6 Å². The minimum Gasteiger partial charge on any atom is -0.397 e. The first kappa shape index (κ1) is 14.8. The van der Waals surface area contributed by atoms with Gasteiger partial charge < -0.3 is 13.6 Å². The zero-order chi connectivity index (χ0) is 11.4. The average Bonchev–Trinajstić information content (AvgIpc) is 2.24. The summed E-state index contributed by atoms with van der Waals surface area (Å²) in [6, 6.07) is 1.08. The number of rotatable bonds is 11. The molecule has 0 aliphatic rings. The molecule has 0 radical (unpaired) electrons. The molecule has 0 unspecified atom stereocenters. The van der Waals surface area contributed by atoms with Gasteiger partial charge in [0, 0.05) is 19.8 Å². The summed E-state index contributed by atoms with van der Waals surface area (Å²) in [7, 11) is -1.37. The number of hydrogen-bond acceptors (Lipinski definition) is 3. The van der Waals surface area contributed by atoms with Crippen LogP contribution >= 0.6 is 0 Å². The Morgan fingerprint density at radius 3 is 2.33 bits per heavy atom. The first-order valence-electron chi connectivity index (χ1n) is 5.77. The molecular formula is C11H24O3Si. The molecule has 0 aromatic rings. The molecule has 0 aliphatic carbocycles. The third-order valence-electron chi connectivity index (χ3n) is 1.92. The van der Waals surface area contributed by atoms with E-state index in [1.54, 1.807) is 6.08 Å². The highest BCUT2D eigenvalue weighted by Crippen LogP contribution is 2.04. The van der Waals surface area contributed by atoms with Gasteiger partial charge in [-0.25, -0.2) is 0 Å². The zero-order valence-corrected chi connectivity index (χ0v) is 11.2. The Morgan fingerprint density at radius 1 is 1.13 bits per heavy atom. The molecular weight excluding hydrogens is 208 g/mol. The minimum atomic E-state index is -1.37. The van der Waals surface area contributed by atoms with E-state index in [9.17, 15) is 0 Å². The molecule has 0 bridgehead atoms. The second-order valence-electron chi connectivity index (χ2n) is 3.20. The van der Waals surface area contributed by atoms with E-state index in [0.717, 1.165) is 38.7 Å². The molecule has 0 heterocycles. The van der Waals surface area contributed by atoms with Crippen LogP contribution in [0.25, 0.3) is 0 Å². The molecule has 0 saturated carbocycles. The van der Waals surface area contributed by atoms with Gasteiger partial charge in [0.25, 0.3) is 0 Å². The summed E-state index contributed by atoms with van der Waals surface area (Å²) in [5, 5.41) is 0. The Hall–Kier alpha value is -0.163. The van der Waals surface area contributed by atoms with E-state index in [1.165, 1.54) is 0 Å². The van der Waals surface area contributed by atoms with Gasteiger partial charge in [0.1, 0.15) is 0 Å². The van der Waals surface area contributed by atoms with E-state index in [1.807, 2.05) is 13.8 Å². The first-order chi connectivity index (χ1) is 7.35. The molecule has 4 heteroatoms. The lowest BCUT2D eigenvalue weighted by molar-refractivity contribution is 0.157. The molecule has 0 spiro atoms. The fourth-order valence-corrected chi connectivity index (χ4v) is 3.06. The van der Waals surface area contributed by atoms with E-state index >= 15 is 0 Å². The van der Waals surface area contributed by atoms with Gasteiger partial charge in [0.15, 0.2) is 0 Å². The van der Waals surface area contributed by atoms with Crippen molar-refractivity contribution in [2.75, 3.05) is 26.4 Å². The van der Waals surface area contributed by atoms with Crippen LogP contribution in [-0.4, -0.2) is 35.7 Å². The molecule has 0 aliphatic heterocycles. The van der Waals surface area contributed by atoms with E-state index in [0.29, 0.717) is 6.61 Å². The Bertz CT molecular complexity index is 136. The molecule has 0 saturated heterocycles. The van der Waals surface area contributed by atoms with Gasteiger partial charge in [0.2, 0.25) is 0 Å². The largest absolute Gasteiger partial charge is 0.397 e. The van der Waals surface area contributed by atoms with Gasteiger partial charge in [0.05, 0.1) is 6.61 Å². The predicted molar refractivity (Wildman–Crippen MR) is 65.5 cm³/mol. The molecule has 0 fully saturated rings. The highest BCUT2D eigenvalue weighted by molar-refractivity contribution is 6.44. The summed E-state index contributed by atoms with van der Waals surface area (Å²) < 4.78 is 16.4. The Kier molecular flexibility index (Phi) is 11.8. The summed E-state index contributed by atoms with van der Waals surface area (Å²) in [4.78, 5) is 0. The van der Waals surface area contributed by atoms with Crippen LogP contribution in [0.3, 0.4) is 0 Å². The predicted octanol–water partition coefficient (Wildman–Crippen LogP) is 2.26. The number of hydrogen-bond donors (Lipinski definition) is 0. The van der Waals surface area contributed by atoms with Crippen molar-refractivity contribution in [3.63, 3.8) is 0 Å². The molecule has 0 N–H and O–H groups in total. The Labute approximate surface area is 95.3 Å². The molecule has 15 heavy (non-hydrogen) atoms. The maximum absolute atomic E-state index is 5.57. The normalized spacial score (nSPS) is 10.9. The van der Waals surface area contributed by atoms with E-state index in [2.05, 4.69) is 6.58 Å². The highest BCUT2D eigenvalue weighted by atomic mass is 28.3. The Morgan fingerprint density at radius 2 is 1.80 bits per heavy atom. The van der Waals surface area contributed by atoms with Crippen LogP contribution in [0, 0.1) is 0 Å². The SMILES string of the molecule is C=CCOCCCC[SiH](OCC)OCC. The quantitative estimate of drug-likeness (QED) is 0.311. The molecule has 90 valence electrons. The number of unbranched alkanes of at least 4 members (excludes halogenated alkanes) is 1. The molecule has 0 atom stereocenters. The topological polar surface area (TPSA) is 27.7 Å². The van der Waals surface area contributed by atoms with Crippen LogP contribution in [0.1, 0.15) is 26.7 Å². The molecule has 0 amide bonds. The van der Waals surface area contributed by atoms with Gasteiger partial charge in [-0.2, -0.15) is 0 Å². The van der Waals surface area contributed by atoms with Crippen LogP contribution < -0.4 is 0 Å². The van der Waals surface area contributed by atoms with Crippen LogP contribution in [0.2, 0.25) is 6.04 Å². The van der Waals surface area contributed by atoms with Crippen molar-refractivity contribution in [1.82, 2.24) is 0 Å². The molecule has 3 nitrogen and oxygen atoms in total. The maximum atomic E-state index is 5.57. The second-order valence-corrected chi connectivity index (χ2v) is 5.30. The van der Waals surface area contributed by atoms with Crippen LogP contribution in [0.5, 0.6) is 0 Å². The van der Waals surface area contributed by atoms with Crippen molar-refractivity contribution in [2.24, 2.45) is 0 Å². The van der Waals surface area contributed by atoms with Crippen LogP contribution in [0.15, 0.2) is 12.7 Å². The van der Waals surface area contributed by atoms with Gasteiger partial charge in [-0.15, -0.1) is 6.58 Å². The monoisotopic (exact) mass is 232 g/mol. The van der Waals surface area contributed by atoms with Crippen molar-refractivity contribution < 1.29 is 13.6 Å². The van der Waals surface area contributed by atoms with Crippen molar-refractivity contribution in [2.45, 2.75) is 32.7 Å². The third-order valence-corrected chi connectivity index (χ3v) is 4.21. The van der Waals surface area contributed by atoms with Gasteiger partial charge in [-0.1, -0.05) is 6.08 Å².